The van der Waals surface area contributed by atoms with Gasteiger partial charge in [-0.25, -0.2) is 4.79 Å². The Kier molecular flexibility index (Phi) is 4.59. The van der Waals surface area contributed by atoms with Crippen molar-refractivity contribution in [1.29, 1.82) is 0 Å². The van der Waals surface area contributed by atoms with E-state index in [1.807, 2.05) is 6.92 Å². The molecule has 1 heterocycles. The van der Waals surface area contributed by atoms with Crippen molar-refractivity contribution in [3.8, 4) is 11.3 Å². The van der Waals surface area contributed by atoms with Gasteiger partial charge in [0, 0.05) is 5.56 Å². The summed E-state index contributed by atoms with van der Waals surface area (Å²) in [5, 5.41) is 0. The Morgan fingerprint density at radius 2 is 1.86 bits per heavy atom. The van der Waals surface area contributed by atoms with Crippen LogP contribution in [0.1, 0.15) is 35.0 Å². The van der Waals surface area contributed by atoms with Crippen molar-refractivity contribution in [2.24, 2.45) is 0 Å². The summed E-state index contributed by atoms with van der Waals surface area (Å²) >= 11 is 0. The van der Waals surface area contributed by atoms with Crippen LogP contribution in [0.2, 0.25) is 0 Å². The number of ether oxygens (including phenoxy) is 1. The second-order valence-corrected chi connectivity index (χ2v) is 4.79. The van der Waals surface area contributed by atoms with Crippen LogP contribution in [0.3, 0.4) is 0 Å². The minimum Gasteiger partial charge on any atom is -0.462 e. The van der Waals surface area contributed by atoms with Gasteiger partial charge in [0.25, 0.3) is 0 Å². The zero-order valence-corrected chi connectivity index (χ0v) is 12.2. The van der Waals surface area contributed by atoms with Gasteiger partial charge in [-0.2, -0.15) is 13.2 Å². The Labute approximate surface area is 125 Å². The van der Waals surface area contributed by atoms with E-state index >= 15 is 0 Å². The number of carbonyl (C=O) groups is 1. The van der Waals surface area contributed by atoms with Crippen molar-refractivity contribution in [3.05, 3.63) is 47.2 Å². The Hall–Kier alpha value is -2.24. The molecule has 6 heteroatoms. The average Bonchev–Trinajstić information content (AvgIpc) is 2.86. The number of halogens is 3. The maximum Gasteiger partial charge on any atom is 0.416 e. The predicted octanol–water partition coefficient (Wildman–Crippen LogP) is 4.84. The molecule has 0 aliphatic rings. The molecule has 1 aromatic carbocycles. The minimum atomic E-state index is -4.38. The molecule has 0 atom stereocenters. The molecule has 2 rings (SSSR count). The molecular weight excluding hydrogens is 297 g/mol. The highest BCUT2D eigenvalue weighted by atomic mass is 19.4. The average molecular weight is 312 g/mol. The molecule has 0 saturated heterocycles. The van der Waals surface area contributed by atoms with Crippen molar-refractivity contribution in [2.45, 2.75) is 26.4 Å². The van der Waals surface area contributed by atoms with Crippen LogP contribution in [0.15, 0.2) is 34.7 Å². The van der Waals surface area contributed by atoms with Gasteiger partial charge in [-0.15, -0.1) is 0 Å². The maximum absolute atomic E-state index is 12.5. The van der Waals surface area contributed by atoms with Crippen molar-refractivity contribution >= 4 is 5.97 Å². The molecule has 0 fully saturated rings. The van der Waals surface area contributed by atoms with Crippen molar-refractivity contribution in [2.75, 3.05) is 6.61 Å². The lowest BCUT2D eigenvalue weighted by Gasteiger charge is -2.06. The van der Waals surface area contributed by atoms with Gasteiger partial charge in [-0.05, 0) is 31.5 Å². The first-order valence-corrected chi connectivity index (χ1v) is 6.78. The Morgan fingerprint density at radius 1 is 1.23 bits per heavy atom. The third kappa shape index (κ3) is 3.50. The summed E-state index contributed by atoms with van der Waals surface area (Å²) in [6.45, 7) is 3.79. The smallest absolute Gasteiger partial charge is 0.416 e. The third-order valence-electron chi connectivity index (χ3n) is 3.07. The molecule has 22 heavy (non-hydrogen) atoms. The standard InChI is InChI=1S/C16H15F3O3/c1-3-8-21-15(20)13-9-14(22-10(13)2)11-4-6-12(7-5-11)16(17,18)19/h4-7,9H,3,8H2,1-2H3. The topological polar surface area (TPSA) is 39.4 Å². The van der Waals surface area contributed by atoms with Gasteiger partial charge in [0.2, 0.25) is 0 Å². The van der Waals surface area contributed by atoms with E-state index in [2.05, 4.69) is 0 Å². The quantitative estimate of drug-likeness (QED) is 0.758. The zero-order valence-electron chi connectivity index (χ0n) is 12.2. The van der Waals surface area contributed by atoms with Crippen LogP contribution >= 0.6 is 0 Å². The fourth-order valence-corrected chi connectivity index (χ4v) is 1.92. The molecule has 0 unspecified atom stereocenters. The lowest BCUT2D eigenvalue weighted by Crippen LogP contribution is -2.05. The number of hydrogen-bond acceptors (Lipinski definition) is 3. The molecule has 0 bridgehead atoms. The number of esters is 1. The molecule has 0 radical (unpaired) electrons. The molecule has 0 spiro atoms. The van der Waals surface area contributed by atoms with Gasteiger partial charge < -0.3 is 9.15 Å². The number of hydrogen-bond donors (Lipinski definition) is 0. The molecule has 0 aliphatic heterocycles. The van der Waals surface area contributed by atoms with Crippen LogP contribution in [-0.4, -0.2) is 12.6 Å². The van der Waals surface area contributed by atoms with Crippen LogP contribution in [0, 0.1) is 6.92 Å². The van der Waals surface area contributed by atoms with E-state index in [9.17, 15) is 18.0 Å². The summed E-state index contributed by atoms with van der Waals surface area (Å²) < 4.78 is 48.1. The van der Waals surface area contributed by atoms with Gasteiger partial charge in [-0.1, -0.05) is 19.1 Å². The van der Waals surface area contributed by atoms with Gasteiger partial charge in [0.15, 0.2) is 0 Å². The van der Waals surface area contributed by atoms with Gasteiger partial charge in [0.05, 0.1) is 12.2 Å². The predicted molar refractivity (Wildman–Crippen MR) is 74.5 cm³/mol. The lowest BCUT2D eigenvalue weighted by atomic mass is 10.1. The first-order chi connectivity index (χ1) is 10.3. The maximum atomic E-state index is 12.5. The first kappa shape index (κ1) is 16.1. The van der Waals surface area contributed by atoms with Gasteiger partial charge in [-0.3, -0.25) is 0 Å². The largest absolute Gasteiger partial charge is 0.462 e. The van der Waals surface area contributed by atoms with E-state index in [0.717, 1.165) is 12.1 Å². The molecule has 3 nitrogen and oxygen atoms in total. The van der Waals surface area contributed by atoms with E-state index < -0.39 is 17.7 Å². The van der Waals surface area contributed by atoms with E-state index in [0.29, 0.717) is 30.1 Å². The van der Waals surface area contributed by atoms with Crippen molar-refractivity contribution in [3.63, 3.8) is 0 Å². The Morgan fingerprint density at radius 3 is 2.41 bits per heavy atom. The normalized spacial score (nSPS) is 11.5. The summed E-state index contributed by atoms with van der Waals surface area (Å²) in [6, 6.07) is 6.05. The highest BCUT2D eigenvalue weighted by Gasteiger charge is 2.30. The van der Waals surface area contributed by atoms with Crippen LogP contribution in [0.25, 0.3) is 11.3 Å². The number of alkyl halides is 3. The monoisotopic (exact) mass is 312 g/mol. The van der Waals surface area contributed by atoms with Crippen molar-refractivity contribution < 1.29 is 27.1 Å². The van der Waals surface area contributed by atoms with E-state index in [4.69, 9.17) is 9.15 Å². The number of benzene rings is 1. The lowest BCUT2D eigenvalue weighted by molar-refractivity contribution is -0.137. The van der Waals surface area contributed by atoms with Crippen LogP contribution in [-0.2, 0) is 10.9 Å². The fourth-order valence-electron chi connectivity index (χ4n) is 1.92. The number of carbonyl (C=O) groups excluding carboxylic acids is 1. The summed E-state index contributed by atoms with van der Waals surface area (Å²) in [6.07, 6.45) is -3.68. The molecule has 118 valence electrons. The molecule has 1 aromatic heterocycles. The van der Waals surface area contributed by atoms with Crippen molar-refractivity contribution in [1.82, 2.24) is 0 Å². The van der Waals surface area contributed by atoms with E-state index in [1.165, 1.54) is 18.2 Å². The fraction of sp³-hybridized carbons (Fsp3) is 0.312. The summed E-state index contributed by atoms with van der Waals surface area (Å²) in [5.41, 5.74) is 0.0103. The number of rotatable bonds is 4. The second kappa shape index (κ2) is 6.25. The third-order valence-corrected chi connectivity index (χ3v) is 3.07. The summed E-state index contributed by atoms with van der Waals surface area (Å²) in [4.78, 5) is 11.8. The molecule has 0 N–H and O–H groups in total. The van der Waals surface area contributed by atoms with E-state index in [-0.39, 0.29) is 5.56 Å². The summed E-state index contributed by atoms with van der Waals surface area (Å²) in [7, 11) is 0. The Balaban J connectivity index is 2.25. The van der Waals surface area contributed by atoms with Crippen LogP contribution in [0.4, 0.5) is 13.2 Å². The SMILES string of the molecule is CCCOC(=O)c1cc(-c2ccc(C(F)(F)F)cc2)oc1C. The highest BCUT2D eigenvalue weighted by Crippen LogP contribution is 2.32. The molecule has 2 aromatic rings. The van der Waals surface area contributed by atoms with E-state index in [1.54, 1.807) is 6.92 Å². The Bertz CT molecular complexity index is 654. The molecular formula is C16H15F3O3. The second-order valence-electron chi connectivity index (χ2n) is 4.79. The zero-order chi connectivity index (χ0) is 16.3. The minimum absolute atomic E-state index is 0.281. The highest BCUT2D eigenvalue weighted by molar-refractivity contribution is 5.91. The molecule has 0 aliphatic carbocycles. The van der Waals surface area contributed by atoms with Crippen LogP contribution < -0.4 is 0 Å². The van der Waals surface area contributed by atoms with Gasteiger partial charge in [0.1, 0.15) is 17.1 Å². The molecule has 0 saturated carbocycles. The number of aryl methyl sites for hydroxylation is 1. The first-order valence-electron chi connectivity index (χ1n) is 6.78. The van der Waals surface area contributed by atoms with Gasteiger partial charge >= 0.3 is 12.1 Å². The summed E-state index contributed by atoms with van der Waals surface area (Å²) in [5.74, 6) is 0.201. The van der Waals surface area contributed by atoms with Crippen LogP contribution in [0.5, 0.6) is 0 Å². The molecule has 0 amide bonds. The number of furan rings is 1.